The van der Waals surface area contributed by atoms with Gasteiger partial charge in [0.25, 0.3) is 0 Å². The Kier molecular flexibility index (Phi) is 4.71. The number of pyridine rings is 1. The molecule has 2 aromatic rings. The summed E-state index contributed by atoms with van der Waals surface area (Å²) in [5.41, 5.74) is 2.57. The van der Waals surface area contributed by atoms with E-state index in [0.29, 0.717) is 6.04 Å². The van der Waals surface area contributed by atoms with Gasteiger partial charge in [-0.25, -0.2) is 0 Å². The first-order chi connectivity index (χ1) is 8.38. The van der Waals surface area contributed by atoms with E-state index in [1.165, 1.54) is 5.56 Å². The lowest BCUT2D eigenvalue weighted by molar-refractivity contribution is 0.517. The second-order valence-corrected chi connectivity index (χ2v) is 4.90. The van der Waals surface area contributed by atoms with E-state index in [9.17, 15) is 0 Å². The van der Waals surface area contributed by atoms with Gasteiger partial charge in [0.05, 0.1) is 0 Å². The third-order valence-corrected chi connectivity index (χ3v) is 3.47. The van der Waals surface area contributed by atoms with E-state index in [2.05, 4.69) is 46.2 Å². The van der Waals surface area contributed by atoms with Crippen LogP contribution in [0.4, 0.5) is 0 Å². The number of hydrogen-bond donors (Lipinski definition) is 1. The number of hydrogen-bond acceptors (Lipinski definition) is 3. The predicted molar refractivity (Wildman–Crippen MR) is 73.4 cm³/mol. The highest BCUT2D eigenvalue weighted by Gasteiger charge is 2.10. The van der Waals surface area contributed by atoms with Crippen molar-refractivity contribution in [2.45, 2.75) is 25.8 Å². The molecule has 0 fully saturated rings. The summed E-state index contributed by atoms with van der Waals surface area (Å²) < 4.78 is 0. The quantitative estimate of drug-likeness (QED) is 0.847. The van der Waals surface area contributed by atoms with Gasteiger partial charge in [0, 0.05) is 24.4 Å². The number of likely N-dealkylation sites (N-methyl/N-ethyl adjacent to an activating group) is 1. The second kappa shape index (κ2) is 6.52. The molecule has 0 bridgehead atoms. The zero-order valence-corrected chi connectivity index (χ0v) is 10.9. The summed E-state index contributed by atoms with van der Waals surface area (Å²) in [6, 6.07) is 8.79. The summed E-state index contributed by atoms with van der Waals surface area (Å²) in [4.78, 5) is 4.39. The van der Waals surface area contributed by atoms with Crippen molar-refractivity contribution >= 4 is 11.3 Å². The molecule has 2 aromatic heterocycles. The van der Waals surface area contributed by atoms with Crippen molar-refractivity contribution in [3.8, 4) is 0 Å². The van der Waals surface area contributed by atoms with Gasteiger partial charge < -0.3 is 5.32 Å². The highest BCUT2D eigenvalue weighted by atomic mass is 32.1. The van der Waals surface area contributed by atoms with Crippen LogP contribution in [0.1, 0.15) is 18.2 Å². The van der Waals surface area contributed by atoms with Crippen molar-refractivity contribution in [3.05, 3.63) is 52.5 Å². The summed E-state index contributed by atoms with van der Waals surface area (Å²) in [5.74, 6) is 0. The van der Waals surface area contributed by atoms with Crippen LogP contribution < -0.4 is 5.32 Å². The maximum absolute atomic E-state index is 4.39. The molecular formula is C14H18N2S. The van der Waals surface area contributed by atoms with E-state index >= 15 is 0 Å². The Morgan fingerprint density at radius 2 is 2.24 bits per heavy atom. The Morgan fingerprint density at radius 3 is 2.88 bits per heavy atom. The van der Waals surface area contributed by atoms with Crippen LogP contribution >= 0.6 is 11.3 Å². The van der Waals surface area contributed by atoms with Crippen molar-refractivity contribution in [2.24, 2.45) is 0 Å². The zero-order valence-electron chi connectivity index (χ0n) is 10.1. The number of nitrogens with one attached hydrogen (secondary N) is 1. The molecule has 0 radical (unpaired) electrons. The van der Waals surface area contributed by atoms with Gasteiger partial charge in [-0.2, -0.15) is 11.3 Å². The van der Waals surface area contributed by atoms with Gasteiger partial charge in [0.15, 0.2) is 0 Å². The molecule has 2 heterocycles. The Bertz CT molecular complexity index is 411. The highest BCUT2D eigenvalue weighted by molar-refractivity contribution is 7.07. The molecule has 2 nitrogen and oxygen atoms in total. The maximum Gasteiger partial charge on any atom is 0.0419 e. The van der Waals surface area contributed by atoms with Crippen LogP contribution in [0.2, 0.25) is 0 Å². The first-order valence-corrected chi connectivity index (χ1v) is 6.97. The van der Waals surface area contributed by atoms with E-state index < -0.39 is 0 Å². The molecule has 0 amide bonds. The molecule has 0 spiro atoms. The molecule has 0 saturated heterocycles. The molecule has 3 heteroatoms. The van der Waals surface area contributed by atoms with Crippen LogP contribution in [0.15, 0.2) is 41.2 Å². The van der Waals surface area contributed by atoms with Crippen LogP contribution in [-0.4, -0.2) is 17.6 Å². The summed E-state index contributed by atoms with van der Waals surface area (Å²) >= 11 is 1.76. The molecule has 0 saturated carbocycles. The molecule has 1 unspecified atom stereocenters. The van der Waals surface area contributed by atoms with Crippen molar-refractivity contribution in [1.29, 1.82) is 0 Å². The number of nitrogens with zero attached hydrogens (tertiary/aromatic N) is 1. The largest absolute Gasteiger partial charge is 0.314 e. The van der Waals surface area contributed by atoms with Gasteiger partial charge >= 0.3 is 0 Å². The Morgan fingerprint density at radius 1 is 1.29 bits per heavy atom. The predicted octanol–water partition coefficient (Wildman–Crippen LogP) is 2.91. The lowest BCUT2D eigenvalue weighted by atomic mass is 10.0. The normalized spacial score (nSPS) is 12.5. The van der Waals surface area contributed by atoms with Crippen molar-refractivity contribution in [2.75, 3.05) is 6.54 Å². The fourth-order valence-electron chi connectivity index (χ4n) is 1.97. The molecule has 1 N–H and O–H groups in total. The minimum Gasteiger partial charge on any atom is -0.314 e. The van der Waals surface area contributed by atoms with Crippen LogP contribution in [-0.2, 0) is 12.8 Å². The minimum absolute atomic E-state index is 0.476. The van der Waals surface area contributed by atoms with Gasteiger partial charge in [0.1, 0.15) is 0 Å². The fourth-order valence-corrected chi connectivity index (χ4v) is 2.65. The van der Waals surface area contributed by atoms with E-state index in [0.717, 1.165) is 25.1 Å². The van der Waals surface area contributed by atoms with Gasteiger partial charge in [-0.15, -0.1) is 0 Å². The molecule has 17 heavy (non-hydrogen) atoms. The van der Waals surface area contributed by atoms with Crippen LogP contribution in [0.25, 0.3) is 0 Å². The van der Waals surface area contributed by atoms with Crippen LogP contribution in [0.5, 0.6) is 0 Å². The molecule has 90 valence electrons. The first kappa shape index (κ1) is 12.3. The standard InChI is InChI=1S/C14H18N2S/c1-2-15-14(9-12-6-8-17-11-12)10-13-5-3-4-7-16-13/h3-8,11,14-15H,2,9-10H2,1H3. The monoisotopic (exact) mass is 246 g/mol. The van der Waals surface area contributed by atoms with E-state index in [1.807, 2.05) is 12.3 Å². The van der Waals surface area contributed by atoms with Gasteiger partial charge in [-0.1, -0.05) is 13.0 Å². The lowest BCUT2D eigenvalue weighted by Crippen LogP contribution is -2.33. The van der Waals surface area contributed by atoms with Gasteiger partial charge in [0.2, 0.25) is 0 Å². The minimum atomic E-state index is 0.476. The fraction of sp³-hybridized carbons (Fsp3) is 0.357. The molecule has 0 aliphatic rings. The molecule has 2 rings (SSSR count). The van der Waals surface area contributed by atoms with Crippen LogP contribution in [0.3, 0.4) is 0 Å². The van der Waals surface area contributed by atoms with Crippen molar-refractivity contribution < 1.29 is 0 Å². The average molecular weight is 246 g/mol. The Balaban J connectivity index is 1.97. The average Bonchev–Trinajstić information content (AvgIpc) is 2.83. The number of thiophene rings is 1. The lowest BCUT2D eigenvalue weighted by Gasteiger charge is -2.16. The van der Waals surface area contributed by atoms with Gasteiger partial charge in [-0.3, -0.25) is 4.98 Å². The van der Waals surface area contributed by atoms with Crippen molar-refractivity contribution in [3.63, 3.8) is 0 Å². The molecule has 0 aliphatic carbocycles. The molecule has 0 aliphatic heterocycles. The van der Waals surface area contributed by atoms with E-state index in [-0.39, 0.29) is 0 Å². The Labute approximate surface area is 107 Å². The zero-order chi connectivity index (χ0) is 11.9. The number of aromatic nitrogens is 1. The third-order valence-electron chi connectivity index (χ3n) is 2.74. The van der Waals surface area contributed by atoms with E-state index in [1.54, 1.807) is 11.3 Å². The summed E-state index contributed by atoms with van der Waals surface area (Å²) in [6.07, 6.45) is 3.93. The van der Waals surface area contributed by atoms with Crippen LogP contribution in [0, 0.1) is 0 Å². The molecule has 1 atom stereocenters. The van der Waals surface area contributed by atoms with Gasteiger partial charge in [-0.05, 0) is 47.5 Å². The highest BCUT2D eigenvalue weighted by Crippen LogP contribution is 2.11. The third kappa shape index (κ3) is 3.95. The first-order valence-electron chi connectivity index (χ1n) is 6.03. The SMILES string of the molecule is CCNC(Cc1ccsc1)Cc1ccccn1. The topological polar surface area (TPSA) is 24.9 Å². The second-order valence-electron chi connectivity index (χ2n) is 4.12. The molecule has 0 aromatic carbocycles. The smallest absolute Gasteiger partial charge is 0.0419 e. The summed E-state index contributed by atoms with van der Waals surface area (Å²) in [6.45, 7) is 3.15. The van der Waals surface area contributed by atoms with Crippen molar-refractivity contribution in [1.82, 2.24) is 10.3 Å². The molecular weight excluding hydrogens is 228 g/mol. The van der Waals surface area contributed by atoms with E-state index in [4.69, 9.17) is 0 Å². The Hall–Kier alpha value is -1.19. The number of rotatable bonds is 6. The summed E-state index contributed by atoms with van der Waals surface area (Å²) in [7, 11) is 0. The maximum atomic E-state index is 4.39. The summed E-state index contributed by atoms with van der Waals surface area (Å²) in [5, 5.41) is 7.90.